The molecule has 44 heavy (non-hydrogen) atoms. The van der Waals surface area contributed by atoms with E-state index in [0.29, 0.717) is 66.4 Å². The maximum atomic E-state index is 15.1. The number of amides is 1. The van der Waals surface area contributed by atoms with Gasteiger partial charge in [-0.15, -0.1) is 0 Å². The lowest BCUT2D eigenvalue weighted by atomic mass is 10.00. The van der Waals surface area contributed by atoms with Gasteiger partial charge in [0.25, 0.3) is 15.9 Å². The molecule has 4 aromatic heterocycles. The van der Waals surface area contributed by atoms with Crippen LogP contribution in [0.2, 0.25) is 0 Å². The van der Waals surface area contributed by atoms with E-state index in [-0.39, 0.29) is 29.8 Å². The summed E-state index contributed by atoms with van der Waals surface area (Å²) in [6.07, 6.45) is 8.52. The largest absolute Gasteiger partial charge is 0.378 e. The molecule has 6 heterocycles. The van der Waals surface area contributed by atoms with E-state index in [0.717, 1.165) is 16.1 Å². The SMILES string of the molecule is CC(C)n1cc(C(=O)N[C@H]2CCN(C3COC3)C[C@H]2F)c2cnc(Nc3ccnc(-c4cnn(S(=O)(=O)C5CC5)c4)n3)cc21. The molecule has 2 atom stereocenters. The van der Waals surface area contributed by atoms with Crippen molar-refractivity contribution in [1.82, 2.24) is 38.9 Å². The molecule has 1 saturated carbocycles. The monoisotopic (exact) mass is 623 g/mol. The van der Waals surface area contributed by atoms with Crippen molar-refractivity contribution >= 4 is 38.5 Å². The van der Waals surface area contributed by atoms with Crippen LogP contribution in [0.25, 0.3) is 22.3 Å². The summed E-state index contributed by atoms with van der Waals surface area (Å²) < 4.78 is 48.3. The molecule has 232 valence electrons. The lowest BCUT2D eigenvalue weighted by molar-refractivity contribution is -0.0814. The van der Waals surface area contributed by atoms with Crippen molar-refractivity contribution in [2.75, 3.05) is 31.6 Å². The molecule has 3 aliphatic rings. The average molecular weight is 624 g/mol. The molecule has 2 aliphatic heterocycles. The van der Waals surface area contributed by atoms with E-state index in [4.69, 9.17) is 4.74 Å². The first-order valence-corrected chi connectivity index (χ1v) is 16.3. The fraction of sp³-hybridized carbons (Fsp3) is 0.483. The maximum Gasteiger partial charge on any atom is 0.256 e. The van der Waals surface area contributed by atoms with Crippen LogP contribution in [0.1, 0.15) is 49.5 Å². The number of halogens is 1. The number of likely N-dealkylation sites (tertiary alicyclic amines) is 1. The number of anilines is 2. The second kappa shape index (κ2) is 11.2. The Bertz CT molecular complexity index is 1820. The Balaban J connectivity index is 1.09. The molecule has 2 saturated heterocycles. The number of pyridine rings is 1. The van der Waals surface area contributed by atoms with Crippen molar-refractivity contribution in [3.63, 3.8) is 0 Å². The molecular formula is C29H34FN9O4S. The van der Waals surface area contributed by atoms with Gasteiger partial charge in [0.1, 0.15) is 17.8 Å². The topological polar surface area (TPSA) is 149 Å². The molecule has 4 aromatic rings. The molecule has 0 aromatic carbocycles. The van der Waals surface area contributed by atoms with Gasteiger partial charge in [0.05, 0.1) is 59.6 Å². The molecule has 15 heteroatoms. The fourth-order valence-electron chi connectivity index (χ4n) is 5.70. The summed E-state index contributed by atoms with van der Waals surface area (Å²) in [6, 6.07) is 3.28. The molecule has 2 N–H and O–H groups in total. The number of carbonyl (C=O) groups is 1. The minimum Gasteiger partial charge on any atom is -0.378 e. The zero-order chi connectivity index (χ0) is 30.6. The minimum atomic E-state index is -3.49. The van der Waals surface area contributed by atoms with Crippen LogP contribution in [0.4, 0.5) is 16.0 Å². The summed E-state index contributed by atoms with van der Waals surface area (Å²) in [5.74, 6) is 0.942. The standard InChI is InChI=1S/C29H34FN9O4S/c1-17(2)38-13-22(29(40)34-24-6-8-37(14-23(24)30)19-15-43-16-19)21-11-32-27(9-25(21)38)35-26-5-7-31-28(36-26)18-10-33-39(12-18)44(41,42)20-3-4-20/h5,7,9-13,17,19-20,23-24H,3-4,6,8,14-16H2,1-2H3,(H,34,40)(H,31,32,35,36)/t23-,24+/m1/s1. The summed E-state index contributed by atoms with van der Waals surface area (Å²) in [5, 5.41) is 10.4. The molecular weight excluding hydrogens is 589 g/mol. The van der Waals surface area contributed by atoms with Crippen LogP contribution >= 0.6 is 0 Å². The number of ether oxygens (including phenoxy) is 1. The van der Waals surface area contributed by atoms with E-state index in [1.807, 2.05) is 24.5 Å². The van der Waals surface area contributed by atoms with Gasteiger partial charge in [-0.25, -0.2) is 27.8 Å². The third-order valence-corrected chi connectivity index (χ3v) is 10.5. The first-order valence-electron chi connectivity index (χ1n) is 14.8. The first kappa shape index (κ1) is 28.8. The summed E-state index contributed by atoms with van der Waals surface area (Å²) in [4.78, 5) is 28.9. The van der Waals surface area contributed by atoms with Crippen LogP contribution in [0, 0.1) is 0 Å². The predicted molar refractivity (Wildman–Crippen MR) is 161 cm³/mol. The number of hydrogen-bond acceptors (Lipinski definition) is 10. The number of hydrogen-bond donors (Lipinski definition) is 2. The zero-order valence-corrected chi connectivity index (χ0v) is 25.2. The number of carbonyl (C=O) groups excluding carboxylic acids is 1. The van der Waals surface area contributed by atoms with Gasteiger partial charge in [-0.3, -0.25) is 9.69 Å². The van der Waals surface area contributed by atoms with Crippen molar-refractivity contribution in [3.8, 4) is 11.4 Å². The molecule has 13 nitrogen and oxygen atoms in total. The van der Waals surface area contributed by atoms with Crippen molar-refractivity contribution < 1.29 is 22.3 Å². The Morgan fingerprint density at radius 1 is 1.11 bits per heavy atom. The van der Waals surface area contributed by atoms with Gasteiger partial charge in [0, 0.05) is 49.2 Å². The van der Waals surface area contributed by atoms with E-state index in [2.05, 4.69) is 35.6 Å². The van der Waals surface area contributed by atoms with Gasteiger partial charge in [0.2, 0.25) is 0 Å². The van der Waals surface area contributed by atoms with Gasteiger partial charge in [-0.05, 0) is 39.2 Å². The summed E-state index contributed by atoms with van der Waals surface area (Å²) in [6.45, 7) is 6.32. The Hall–Kier alpha value is -3.95. The normalized spacial score (nSPS) is 21.5. The van der Waals surface area contributed by atoms with Crippen LogP contribution in [-0.4, -0.2) is 97.7 Å². The Morgan fingerprint density at radius 3 is 2.64 bits per heavy atom. The van der Waals surface area contributed by atoms with Crippen LogP contribution in [0.15, 0.2) is 43.1 Å². The Kier molecular flexibility index (Phi) is 7.33. The third-order valence-electron chi connectivity index (χ3n) is 8.48. The van der Waals surface area contributed by atoms with Crippen molar-refractivity contribution in [2.45, 2.75) is 62.7 Å². The number of aromatic nitrogens is 6. The number of piperidine rings is 1. The number of nitrogens with zero attached hydrogens (tertiary/aromatic N) is 7. The van der Waals surface area contributed by atoms with E-state index in [1.54, 1.807) is 24.7 Å². The maximum absolute atomic E-state index is 15.1. The van der Waals surface area contributed by atoms with Gasteiger partial charge < -0.3 is 19.9 Å². The number of alkyl halides is 1. The highest BCUT2D eigenvalue weighted by Crippen LogP contribution is 2.31. The highest BCUT2D eigenvalue weighted by Gasteiger charge is 2.38. The van der Waals surface area contributed by atoms with E-state index in [9.17, 15) is 13.2 Å². The van der Waals surface area contributed by atoms with Crippen LogP contribution in [-0.2, 0) is 14.8 Å². The molecule has 0 bridgehead atoms. The fourth-order valence-corrected chi connectivity index (χ4v) is 7.18. The van der Waals surface area contributed by atoms with Crippen molar-refractivity contribution in [1.29, 1.82) is 0 Å². The van der Waals surface area contributed by atoms with Gasteiger partial charge >= 0.3 is 0 Å². The lowest BCUT2D eigenvalue weighted by Gasteiger charge is -2.42. The molecule has 0 unspecified atom stereocenters. The van der Waals surface area contributed by atoms with Crippen LogP contribution < -0.4 is 10.6 Å². The molecule has 1 amide bonds. The van der Waals surface area contributed by atoms with Gasteiger partial charge in [0.15, 0.2) is 5.82 Å². The second-order valence-corrected chi connectivity index (χ2v) is 14.0. The summed E-state index contributed by atoms with van der Waals surface area (Å²) >= 11 is 0. The molecule has 3 fully saturated rings. The molecule has 7 rings (SSSR count). The Morgan fingerprint density at radius 2 is 1.93 bits per heavy atom. The first-order chi connectivity index (χ1) is 21.2. The van der Waals surface area contributed by atoms with Crippen molar-refractivity contribution in [3.05, 3.63) is 48.7 Å². The molecule has 0 radical (unpaired) electrons. The summed E-state index contributed by atoms with van der Waals surface area (Å²) in [7, 11) is -3.49. The van der Waals surface area contributed by atoms with Crippen LogP contribution in [0.5, 0.6) is 0 Å². The lowest BCUT2D eigenvalue weighted by Crippen LogP contribution is -2.58. The van der Waals surface area contributed by atoms with Gasteiger partial charge in [-0.1, -0.05) is 0 Å². The van der Waals surface area contributed by atoms with E-state index >= 15 is 4.39 Å². The molecule has 1 aliphatic carbocycles. The van der Waals surface area contributed by atoms with E-state index in [1.165, 1.54) is 12.4 Å². The average Bonchev–Trinajstić information content (AvgIpc) is 3.59. The zero-order valence-electron chi connectivity index (χ0n) is 24.4. The second-order valence-electron chi connectivity index (χ2n) is 11.9. The molecule has 0 spiro atoms. The van der Waals surface area contributed by atoms with Crippen molar-refractivity contribution in [2.24, 2.45) is 0 Å². The minimum absolute atomic E-state index is 0.0465. The quantitative estimate of drug-likeness (QED) is 0.285. The van der Waals surface area contributed by atoms with Gasteiger partial charge in [-0.2, -0.15) is 9.19 Å². The van der Waals surface area contributed by atoms with Crippen LogP contribution in [0.3, 0.4) is 0 Å². The highest BCUT2D eigenvalue weighted by atomic mass is 32.2. The summed E-state index contributed by atoms with van der Waals surface area (Å²) in [5.41, 5.74) is 1.71. The highest BCUT2D eigenvalue weighted by molar-refractivity contribution is 7.90. The number of fused-ring (bicyclic) bond motifs is 1. The number of rotatable bonds is 9. The predicted octanol–water partition coefficient (Wildman–Crippen LogP) is 2.90. The third kappa shape index (κ3) is 5.43. The van der Waals surface area contributed by atoms with E-state index < -0.39 is 22.2 Å². The number of nitrogens with one attached hydrogen (secondary N) is 2. The smallest absolute Gasteiger partial charge is 0.256 e. The Labute approximate surface area is 253 Å².